The molecule has 274 valence electrons. The highest BCUT2D eigenvalue weighted by Gasteiger charge is 2.20. The Bertz CT molecular complexity index is 1720. The number of aromatic nitrogens is 1. The van der Waals surface area contributed by atoms with E-state index in [1.807, 2.05) is 0 Å². The molecule has 0 aliphatic carbocycles. The van der Waals surface area contributed by atoms with E-state index in [9.17, 15) is 29.4 Å². The highest BCUT2D eigenvalue weighted by molar-refractivity contribution is 5.86. The summed E-state index contributed by atoms with van der Waals surface area (Å²) in [5.41, 5.74) is 1.76. The van der Waals surface area contributed by atoms with E-state index in [1.54, 1.807) is 108 Å². The predicted octanol–water partition coefficient (Wildman–Crippen LogP) is 4.52. The van der Waals surface area contributed by atoms with E-state index in [1.165, 1.54) is 23.9 Å². The van der Waals surface area contributed by atoms with Crippen molar-refractivity contribution < 1.29 is 38.9 Å². The Morgan fingerprint density at radius 1 is 0.654 bits per heavy atom. The lowest BCUT2D eigenvalue weighted by Gasteiger charge is -2.20. The van der Waals surface area contributed by atoms with Crippen molar-refractivity contribution in [1.29, 1.82) is 0 Å². The van der Waals surface area contributed by atoms with Crippen LogP contribution in [0.3, 0.4) is 0 Å². The molecule has 13 nitrogen and oxygen atoms in total. The molecule has 3 rings (SSSR count). The van der Waals surface area contributed by atoms with Crippen LogP contribution in [0.25, 0.3) is 0 Å². The number of ether oxygens (including phenoxy) is 2. The largest absolute Gasteiger partial charge is 0.444 e. The molecule has 13 heteroatoms. The summed E-state index contributed by atoms with van der Waals surface area (Å²) in [6.07, 6.45) is -4.40. The summed E-state index contributed by atoms with van der Waals surface area (Å²) >= 11 is 0. The van der Waals surface area contributed by atoms with Gasteiger partial charge in [-0.1, -0.05) is 42.2 Å². The van der Waals surface area contributed by atoms with Crippen LogP contribution in [0.5, 0.6) is 0 Å². The van der Waals surface area contributed by atoms with Gasteiger partial charge in [-0.15, -0.1) is 0 Å². The molecular weight excluding hydrogens is 666 g/mol. The number of likely N-dealkylation sites (N-methyl/N-ethyl adjacent to an activating group) is 2. The lowest BCUT2D eigenvalue weighted by atomic mass is 10.2. The number of nitrogens with one attached hydrogen (secondary N) is 2. The maximum absolute atomic E-state index is 12.8. The van der Waals surface area contributed by atoms with Crippen LogP contribution in [0.15, 0.2) is 66.7 Å². The van der Waals surface area contributed by atoms with Gasteiger partial charge in [0.05, 0.1) is 0 Å². The number of hydrogen-bond donors (Lipinski definition) is 4. The number of hydrogen-bond acceptors (Lipinski definition) is 9. The third-order valence-corrected chi connectivity index (χ3v) is 6.68. The molecule has 0 aliphatic rings. The molecule has 0 saturated carbocycles. The first-order valence-electron chi connectivity index (χ1n) is 16.3. The Morgan fingerprint density at radius 2 is 1.00 bits per heavy atom. The van der Waals surface area contributed by atoms with Gasteiger partial charge in [-0.05, 0) is 101 Å². The van der Waals surface area contributed by atoms with Gasteiger partial charge in [-0.2, -0.15) is 0 Å². The first kappa shape index (κ1) is 40.5. The third kappa shape index (κ3) is 14.2. The van der Waals surface area contributed by atoms with Gasteiger partial charge < -0.3 is 29.5 Å². The molecule has 0 aliphatic heterocycles. The Morgan fingerprint density at radius 3 is 1.33 bits per heavy atom. The van der Waals surface area contributed by atoms with Crippen LogP contribution < -0.4 is 10.6 Å². The van der Waals surface area contributed by atoms with Gasteiger partial charge in [-0.3, -0.25) is 20.2 Å². The van der Waals surface area contributed by atoms with Crippen LogP contribution in [0.4, 0.5) is 21.0 Å². The third-order valence-electron chi connectivity index (χ3n) is 6.68. The van der Waals surface area contributed by atoms with E-state index < -0.39 is 47.4 Å². The van der Waals surface area contributed by atoms with E-state index in [4.69, 9.17) is 9.47 Å². The molecule has 1 heterocycles. The van der Waals surface area contributed by atoms with E-state index in [0.717, 1.165) is 11.1 Å². The van der Waals surface area contributed by atoms with Crippen LogP contribution in [-0.2, 0) is 32.2 Å². The molecule has 0 bridgehead atoms. The summed E-state index contributed by atoms with van der Waals surface area (Å²) in [5, 5.41) is 26.1. The topological polar surface area (TPSA) is 171 Å². The number of benzene rings is 2. The second-order valence-electron chi connectivity index (χ2n) is 13.8. The van der Waals surface area contributed by atoms with Crippen molar-refractivity contribution >= 4 is 35.4 Å². The second kappa shape index (κ2) is 17.9. The van der Waals surface area contributed by atoms with Crippen LogP contribution >= 0.6 is 0 Å². The highest BCUT2D eigenvalue weighted by atomic mass is 16.6. The lowest BCUT2D eigenvalue weighted by Crippen LogP contribution is -2.35. The van der Waals surface area contributed by atoms with E-state index in [-0.39, 0.29) is 24.5 Å². The summed E-state index contributed by atoms with van der Waals surface area (Å²) in [4.78, 5) is 56.4. The number of anilines is 2. The number of amides is 4. The first-order chi connectivity index (χ1) is 24.3. The van der Waals surface area contributed by atoms with Gasteiger partial charge in [-0.25, -0.2) is 14.6 Å². The summed E-state index contributed by atoms with van der Waals surface area (Å²) in [7, 11) is 3.06. The van der Waals surface area contributed by atoms with Crippen LogP contribution in [0.1, 0.15) is 64.1 Å². The van der Waals surface area contributed by atoms with E-state index >= 15 is 0 Å². The average Bonchev–Trinajstić information content (AvgIpc) is 3.05. The van der Waals surface area contributed by atoms with Crippen LogP contribution in [-0.4, -0.2) is 86.5 Å². The molecule has 4 amide bonds. The fraction of sp³-hybridized carbons (Fsp3) is 0.359. The molecule has 2 aromatic carbocycles. The van der Waals surface area contributed by atoms with Crippen molar-refractivity contribution in [3.8, 4) is 23.7 Å². The van der Waals surface area contributed by atoms with Gasteiger partial charge in [0.2, 0.25) is 0 Å². The molecular formula is C39H45N5O8. The maximum atomic E-state index is 12.8. The van der Waals surface area contributed by atoms with Crippen molar-refractivity contribution in [2.45, 2.75) is 78.0 Å². The van der Waals surface area contributed by atoms with Crippen molar-refractivity contribution in [2.24, 2.45) is 0 Å². The minimum Gasteiger partial charge on any atom is -0.444 e. The Labute approximate surface area is 304 Å². The molecule has 0 radical (unpaired) electrons. The minimum atomic E-state index is -1.62. The number of carbonyl (C=O) groups is 4. The van der Waals surface area contributed by atoms with Crippen molar-refractivity contribution in [3.05, 3.63) is 89.2 Å². The van der Waals surface area contributed by atoms with Gasteiger partial charge in [0.1, 0.15) is 22.6 Å². The quantitative estimate of drug-likeness (QED) is 0.246. The summed E-state index contributed by atoms with van der Waals surface area (Å²) < 4.78 is 10.5. The molecule has 3 aromatic rings. The second-order valence-corrected chi connectivity index (χ2v) is 13.8. The molecule has 0 saturated heterocycles. The van der Waals surface area contributed by atoms with E-state index in [2.05, 4.69) is 39.3 Å². The molecule has 52 heavy (non-hydrogen) atoms. The Balaban J connectivity index is 1.53. The monoisotopic (exact) mass is 711 g/mol. The van der Waals surface area contributed by atoms with Crippen molar-refractivity contribution in [1.82, 2.24) is 14.8 Å². The van der Waals surface area contributed by atoms with Gasteiger partial charge in [0.25, 0.3) is 11.8 Å². The highest BCUT2D eigenvalue weighted by Crippen LogP contribution is 2.16. The Kier molecular flexibility index (Phi) is 13.9. The molecule has 4 N–H and O–H groups in total. The summed E-state index contributed by atoms with van der Waals surface area (Å²) in [6.45, 7) is 11.0. The van der Waals surface area contributed by atoms with E-state index in [0.29, 0.717) is 11.4 Å². The smallest absolute Gasteiger partial charge is 0.412 e. The molecule has 2 unspecified atom stereocenters. The summed E-state index contributed by atoms with van der Waals surface area (Å²) in [6, 6.07) is 18.4. The molecule has 0 fully saturated rings. The fourth-order valence-electron chi connectivity index (χ4n) is 4.33. The van der Waals surface area contributed by atoms with Crippen LogP contribution in [0.2, 0.25) is 0 Å². The molecule has 0 spiro atoms. The lowest BCUT2D eigenvalue weighted by molar-refractivity contribution is -0.137. The first-order valence-corrected chi connectivity index (χ1v) is 16.3. The van der Waals surface area contributed by atoms with Crippen LogP contribution in [0, 0.1) is 23.7 Å². The maximum Gasteiger partial charge on any atom is 0.412 e. The zero-order chi connectivity index (χ0) is 38.6. The Hall–Kier alpha value is -5.89. The number of aliphatic hydroxyl groups excluding tert-OH is 2. The zero-order valence-corrected chi connectivity index (χ0v) is 30.6. The predicted molar refractivity (Wildman–Crippen MR) is 196 cm³/mol. The number of pyridine rings is 1. The average molecular weight is 712 g/mol. The number of carbonyl (C=O) groups excluding carboxylic acids is 4. The molecule has 1 aromatic heterocycles. The normalized spacial score (nSPS) is 12.0. The number of rotatable bonds is 8. The van der Waals surface area contributed by atoms with Gasteiger partial charge >= 0.3 is 12.2 Å². The minimum absolute atomic E-state index is 0.184. The summed E-state index contributed by atoms with van der Waals surface area (Å²) in [5.74, 6) is 9.05. The van der Waals surface area contributed by atoms with Crippen molar-refractivity contribution in [3.63, 3.8) is 0 Å². The fourth-order valence-corrected chi connectivity index (χ4v) is 4.33. The van der Waals surface area contributed by atoms with Gasteiger partial charge in [0, 0.05) is 38.6 Å². The zero-order valence-electron chi connectivity index (χ0n) is 30.6. The van der Waals surface area contributed by atoms with Crippen molar-refractivity contribution in [2.75, 3.05) is 24.7 Å². The standard InChI is InChI=1S/C39H45N5O8/c1-38(2,3)51-36(49)41-30-16-12-26(13-17-30)24-43(7)34(47)32(45)22-20-28-10-9-11-29(40-28)21-23-33(46)35(48)44(8)25-27-14-18-31(19-15-27)42-37(50)52-39(4,5)6/h9-19,32-33,45-46H,24-25H2,1-8H3,(H,41,49)(H,42,50). The van der Waals surface area contributed by atoms with Gasteiger partial charge in [0.15, 0.2) is 12.2 Å². The number of nitrogens with zero attached hydrogens (tertiary/aromatic N) is 3. The SMILES string of the molecule is CN(Cc1ccc(NC(=O)OC(C)(C)C)cc1)C(=O)C(O)C#Cc1cccc(C#CC(O)C(=O)N(C)Cc2ccc(NC(=O)OC(C)(C)C)cc2)n1. The molecule has 2 atom stereocenters. The number of aliphatic hydroxyl groups is 2.